The molecule has 100 valence electrons. The van der Waals surface area contributed by atoms with Crippen molar-refractivity contribution in [2.24, 2.45) is 0 Å². The SMILES string of the molecule is CCCCN1C(=O)C2=C(CCCC2)C1NC(C)=O. The molecular formula is C14H22N2O2. The van der Waals surface area contributed by atoms with Crippen molar-refractivity contribution in [1.82, 2.24) is 10.2 Å². The second-order valence-electron chi connectivity index (χ2n) is 5.17. The van der Waals surface area contributed by atoms with E-state index in [4.69, 9.17) is 0 Å². The normalized spacial score (nSPS) is 23.3. The van der Waals surface area contributed by atoms with Gasteiger partial charge in [-0.05, 0) is 37.7 Å². The van der Waals surface area contributed by atoms with Crippen molar-refractivity contribution in [2.45, 2.75) is 58.5 Å². The van der Waals surface area contributed by atoms with Crippen LogP contribution in [0.3, 0.4) is 0 Å². The van der Waals surface area contributed by atoms with Crippen molar-refractivity contribution in [3.8, 4) is 0 Å². The zero-order valence-electron chi connectivity index (χ0n) is 11.3. The van der Waals surface area contributed by atoms with Gasteiger partial charge in [-0.2, -0.15) is 0 Å². The van der Waals surface area contributed by atoms with Crippen molar-refractivity contribution in [3.63, 3.8) is 0 Å². The molecule has 0 spiro atoms. The molecule has 0 fully saturated rings. The van der Waals surface area contributed by atoms with Crippen LogP contribution in [0.1, 0.15) is 52.4 Å². The first-order valence-corrected chi connectivity index (χ1v) is 6.95. The molecule has 0 saturated carbocycles. The van der Waals surface area contributed by atoms with Gasteiger partial charge in [0.1, 0.15) is 6.17 Å². The number of carbonyl (C=O) groups is 2. The summed E-state index contributed by atoms with van der Waals surface area (Å²) in [7, 11) is 0. The zero-order chi connectivity index (χ0) is 13.1. The lowest BCUT2D eigenvalue weighted by atomic mass is 9.92. The Morgan fingerprint density at radius 3 is 2.78 bits per heavy atom. The van der Waals surface area contributed by atoms with Crippen molar-refractivity contribution in [2.75, 3.05) is 6.54 Å². The maximum Gasteiger partial charge on any atom is 0.251 e. The molecular weight excluding hydrogens is 228 g/mol. The summed E-state index contributed by atoms with van der Waals surface area (Å²) in [6.45, 7) is 4.37. The Morgan fingerprint density at radius 2 is 2.11 bits per heavy atom. The molecule has 1 heterocycles. The van der Waals surface area contributed by atoms with Crippen LogP contribution in [0.5, 0.6) is 0 Å². The molecule has 0 aromatic rings. The van der Waals surface area contributed by atoms with Crippen molar-refractivity contribution >= 4 is 11.8 Å². The quantitative estimate of drug-likeness (QED) is 0.829. The van der Waals surface area contributed by atoms with Crippen LogP contribution in [0.15, 0.2) is 11.1 Å². The monoisotopic (exact) mass is 250 g/mol. The van der Waals surface area contributed by atoms with E-state index in [0.717, 1.165) is 56.2 Å². The van der Waals surface area contributed by atoms with Crippen LogP contribution >= 0.6 is 0 Å². The molecule has 0 aromatic heterocycles. The Kier molecular flexibility index (Phi) is 4.04. The predicted molar refractivity (Wildman–Crippen MR) is 69.7 cm³/mol. The fourth-order valence-corrected chi connectivity index (χ4v) is 2.87. The fourth-order valence-electron chi connectivity index (χ4n) is 2.87. The smallest absolute Gasteiger partial charge is 0.251 e. The van der Waals surface area contributed by atoms with E-state index in [0.29, 0.717) is 0 Å². The Balaban J connectivity index is 2.20. The molecule has 1 unspecified atom stereocenters. The topological polar surface area (TPSA) is 49.4 Å². The van der Waals surface area contributed by atoms with Gasteiger partial charge >= 0.3 is 0 Å². The van der Waals surface area contributed by atoms with Gasteiger partial charge in [0.25, 0.3) is 5.91 Å². The Bertz CT molecular complexity index is 387. The van der Waals surface area contributed by atoms with Crippen LogP contribution in [0.4, 0.5) is 0 Å². The Hall–Kier alpha value is -1.32. The lowest BCUT2D eigenvalue weighted by Gasteiger charge is -2.27. The summed E-state index contributed by atoms with van der Waals surface area (Å²) in [6.07, 6.45) is 5.94. The molecule has 4 nitrogen and oxygen atoms in total. The maximum atomic E-state index is 12.4. The molecule has 1 aliphatic carbocycles. The van der Waals surface area contributed by atoms with E-state index in [2.05, 4.69) is 12.2 Å². The summed E-state index contributed by atoms with van der Waals surface area (Å²) in [6, 6.07) is 0. The van der Waals surface area contributed by atoms with Crippen LogP contribution in [0, 0.1) is 0 Å². The molecule has 0 bridgehead atoms. The highest BCUT2D eigenvalue weighted by Gasteiger charge is 2.39. The van der Waals surface area contributed by atoms with Gasteiger partial charge in [-0.3, -0.25) is 9.59 Å². The number of amides is 2. The summed E-state index contributed by atoms with van der Waals surface area (Å²) in [5.41, 5.74) is 2.13. The minimum absolute atomic E-state index is 0.0615. The van der Waals surface area contributed by atoms with Gasteiger partial charge in [-0.15, -0.1) is 0 Å². The van der Waals surface area contributed by atoms with Gasteiger partial charge in [-0.1, -0.05) is 13.3 Å². The molecule has 1 atom stereocenters. The first-order valence-electron chi connectivity index (χ1n) is 6.95. The number of carbonyl (C=O) groups excluding carboxylic acids is 2. The van der Waals surface area contributed by atoms with E-state index in [9.17, 15) is 9.59 Å². The first kappa shape index (κ1) is 13.1. The standard InChI is InChI=1S/C14H22N2O2/c1-3-4-9-16-13(15-10(2)17)11-7-5-6-8-12(11)14(16)18/h13H,3-9H2,1-2H3,(H,15,17). The van der Waals surface area contributed by atoms with Crippen LogP contribution in [-0.2, 0) is 9.59 Å². The molecule has 2 aliphatic rings. The number of nitrogens with zero attached hydrogens (tertiary/aromatic N) is 1. The third kappa shape index (κ3) is 2.42. The van der Waals surface area contributed by atoms with E-state index < -0.39 is 0 Å². The summed E-state index contributed by atoms with van der Waals surface area (Å²) < 4.78 is 0. The predicted octanol–water partition coefficient (Wildman–Crippen LogP) is 1.96. The molecule has 4 heteroatoms. The largest absolute Gasteiger partial charge is 0.332 e. The number of nitrogens with one attached hydrogen (secondary N) is 1. The summed E-state index contributed by atoms with van der Waals surface area (Å²) >= 11 is 0. The average Bonchev–Trinajstić information content (AvgIpc) is 2.61. The molecule has 0 radical (unpaired) electrons. The van der Waals surface area contributed by atoms with Gasteiger partial charge in [-0.25, -0.2) is 0 Å². The van der Waals surface area contributed by atoms with Crippen molar-refractivity contribution in [1.29, 1.82) is 0 Å². The van der Waals surface area contributed by atoms with Gasteiger partial charge in [0.05, 0.1) is 0 Å². The number of hydrogen-bond donors (Lipinski definition) is 1. The number of rotatable bonds is 4. The highest BCUT2D eigenvalue weighted by Crippen LogP contribution is 2.35. The van der Waals surface area contributed by atoms with Crippen LogP contribution < -0.4 is 5.32 Å². The lowest BCUT2D eigenvalue weighted by Crippen LogP contribution is -2.47. The minimum atomic E-state index is -0.170. The molecule has 0 saturated heterocycles. The van der Waals surface area contributed by atoms with Crippen molar-refractivity contribution < 1.29 is 9.59 Å². The van der Waals surface area contributed by atoms with E-state index >= 15 is 0 Å². The molecule has 1 N–H and O–H groups in total. The number of unbranched alkanes of at least 4 members (excludes halogenated alkanes) is 1. The Morgan fingerprint density at radius 1 is 1.39 bits per heavy atom. The zero-order valence-corrected chi connectivity index (χ0v) is 11.3. The van der Waals surface area contributed by atoms with Crippen LogP contribution in [0.2, 0.25) is 0 Å². The highest BCUT2D eigenvalue weighted by molar-refractivity contribution is 5.98. The molecule has 1 aliphatic heterocycles. The molecule has 0 aromatic carbocycles. The fraction of sp³-hybridized carbons (Fsp3) is 0.714. The van der Waals surface area contributed by atoms with Crippen molar-refractivity contribution in [3.05, 3.63) is 11.1 Å². The second-order valence-corrected chi connectivity index (χ2v) is 5.17. The van der Waals surface area contributed by atoms with Crippen LogP contribution in [0.25, 0.3) is 0 Å². The third-order valence-corrected chi connectivity index (χ3v) is 3.76. The van der Waals surface area contributed by atoms with Gasteiger partial charge < -0.3 is 10.2 Å². The van der Waals surface area contributed by atoms with E-state index in [-0.39, 0.29) is 18.0 Å². The minimum Gasteiger partial charge on any atom is -0.332 e. The molecule has 18 heavy (non-hydrogen) atoms. The first-order chi connectivity index (χ1) is 8.65. The summed E-state index contributed by atoms with van der Waals surface area (Å²) in [5.74, 6) is 0.0884. The third-order valence-electron chi connectivity index (χ3n) is 3.76. The maximum absolute atomic E-state index is 12.4. The average molecular weight is 250 g/mol. The summed E-state index contributed by atoms with van der Waals surface area (Å²) in [5, 5.41) is 2.94. The van der Waals surface area contributed by atoms with Gasteiger partial charge in [0.15, 0.2) is 0 Å². The van der Waals surface area contributed by atoms with Gasteiger partial charge in [0, 0.05) is 19.0 Å². The second kappa shape index (κ2) is 5.55. The number of hydrogen-bond acceptors (Lipinski definition) is 2. The summed E-state index contributed by atoms with van der Waals surface area (Å²) in [4.78, 5) is 25.5. The highest BCUT2D eigenvalue weighted by atomic mass is 16.2. The van der Waals surface area contributed by atoms with Gasteiger partial charge in [0.2, 0.25) is 5.91 Å². The molecule has 2 rings (SSSR count). The van der Waals surface area contributed by atoms with E-state index in [1.165, 1.54) is 6.92 Å². The van der Waals surface area contributed by atoms with E-state index in [1.54, 1.807) is 0 Å². The van der Waals surface area contributed by atoms with E-state index in [1.807, 2.05) is 4.90 Å². The molecule has 2 amide bonds. The Labute approximate surface area is 108 Å². The van der Waals surface area contributed by atoms with Crippen LogP contribution in [-0.4, -0.2) is 29.4 Å². The lowest BCUT2D eigenvalue weighted by molar-refractivity contribution is -0.129.